The van der Waals surface area contributed by atoms with Crippen LogP contribution in [0.4, 0.5) is 10.1 Å². The van der Waals surface area contributed by atoms with Gasteiger partial charge in [-0.2, -0.15) is 0 Å². The van der Waals surface area contributed by atoms with E-state index in [1.54, 1.807) is 18.3 Å². The van der Waals surface area contributed by atoms with E-state index in [0.29, 0.717) is 10.8 Å². The first-order valence-electron chi connectivity index (χ1n) is 5.92. The van der Waals surface area contributed by atoms with Gasteiger partial charge in [-0.25, -0.2) is 9.37 Å². The van der Waals surface area contributed by atoms with Crippen molar-refractivity contribution in [3.63, 3.8) is 0 Å². The molecule has 1 heterocycles. The number of hydrogen-bond acceptors (Lipinski definition) is 3. The van der Waals surface area contributed by atoms with Gasteiger partial charge in [0.25, 0.3) is 0 Å². The maximum absolute atomic E-state index is 13.4. The molecule has 1 unspecified atom stereocenters. The topological polar surface area (TPSA) is 34.1 Å². The summed E-state index contributed by atoms with van der Waals surface area (Å²) in [5.41, 5.74) is 1.59. The van der Waals surface area contributed by atoms with Crippen molar-refractivity contribution in [2.75, 3.05) is 12.4 Å². The average molecular weight is 360 g/mol. The minimum Gasteiger partial charge on any atom is -0.494 e. The Balaban J connectivity index is 2.23. The van der Waals surface area contributed by atoms with Gasteiger partial charge in [-0.3, -0.25) is 0 Å². The standard InChI is InChI=1S/C14H13BrClFN2O/c1-8(9-3-4-11(17)13(5-9)20-2)19-12-6-10(15)7-18-14(12)16/h3-8,19H,1-2H3. The van der Waals surface area contributed by atoms with Gasteiger partial charge < -0.3 is 10.1 Å². The maximum Gasteiger partial charge on any atom is 0.165 e. The van der Waals surface area contributed by atoms with Gasteiger partial charge in [-0.05, 0) is 46.6 Å². The van der Waals surface area contributed by atoms with Gasteiger partial charge in [0.15, 0.2) is 16.7 Å². The van der Waals surface area contributed by atoms with Gasteiger partial charge in [0.05, 0.1) is 12.8 Å². The molecule has 1 atom stereocenters. The van der Waals surface area contributed by atoms with Crippen molar-refractivity contribution < 1.29 is 9.13 Å². The number of pyridine rings is 1. The molecule has 0 saturated carbocycles. The summed E-state index contributed by atoms with van der Waals surface area (Å²) in [5, 5.41) is 3.62. The van der Waals surface area contributed by atoms with Crippen molar-refractivity contribution in [1.29, 1.82) is 0 Å². The van der Waals surface area contributed by atoms with Gasteiger partial charge in [-0.15, -0.1) is 0 Å². The Labute approximate surface area is 130 Å². The summed E-state index contributed by atoms with van der Waals surface area (Å²) in [6.07, 6.45) is 1.62. The van der Waals surface area contributed by atoms with E-state index < -0.39 is 0 Å². The number of aromatic nitrogens is 1. The number of nitrogens with one attached hydrogen (secondary N) is 1. The van der Waals surface area contributed by atoms with Crippen LogP contribution in [0.25, 0.3) is 0 Å². The molecule has 3 nitrogen and oxygen atoms in total. The lowest BCUT2D eigenvalue weighted by Crippen LogP contribution is -2.08. The molecule has 0 aliphatic rings. The molecule has 106 valence electrons. The number of halogens is 3. The number of hydrogen-bond donors (Lipinski definition) is 1. The van der Waals surface area contributed by atoms with Gasteiger partial charge in [0.1, 0.15) is 0 Å². The van der Waals surface area contributed by atoms with Gasteiger partial charge >= 0.3 is 0 Å². The summed E-state index contributed by atoms with van der Waals surface area (Å²) in [5.74, 6) is -0.166. The van der Waals surface area contributed by atoms with E-state index in [-0.39, 0.29) is 17.6 Å². The molecule has 0 aliphatic carbocycles. The molecule has 0 spiro atoms. The van der Waals surface area contributed by atoms with E-state index in [1.165, 1.54) is 13.2 Å². The second-order valence-corrected chi connectivity index (χ2v) is 5.53. The molecule has 6 heteroatoms. The fourth-order valence-electron chi connectivity index (χ4n) is 1.79. The predicted molar refractivity (Wildman–Crippen MR) is 81.9 cm³/mol. The van der Waals surface area contributed by atoms with Crippen molar-refractivity contribution in [1.82, 2.24) is 4.98 Å². The molecule has 1 N–H and O–H groups in total. The van der Waals surface area contributed by atoms with E-state index in [9.17, 15) is 4.39 Å². The summed E-state index contributed by atoms with van der Waals surface area (Å²) in [6.45, 7) is 1.95. The summed E-state index contributed by atoms with van der Waals surface area (Å²) < 4.78 is 19.2. The molecule has 0 amide bonds. The van der Waals surface area contributed by atoms with E-state index in [1.807, 2.05) is 13.0 Å². The van der Waals surface area contributed by atoms with Crippen LogP contribution in [0.5, 0.6) is 5.75 Å². The highest BCUT2D eigenvalue weighted by molar-refractivity contribution is 9.10. The molecule has 2 aromatic rings. The number of benzene rings is 1. The molecular formula is C14H13BrClFN2O. The van der Waals surface area contributed by atoms with E-state index in [2.05, 4.69) is 26.2 Å². The van der Waals surface area contributed by atoms with Crippen LogP contribution in [0.1, 0.15) is 18.5 Å². The Morgan fingerprint density at radius 2 is 2.15 bits per heavy atom. The van der Waals surface area contributed by atoms with Crippen molar-refractivity contribution in [2.45, 2.75) is 13.0 Å². The minimum absolute atomic E-state index is 0.0712. The first-order valence-corrected chi connectivity index (χ1v) is 7.09. The molecule has 0 bridgehead atoms. The molecule has 1 aromatic heterocycles. The van der Waals surface area contributed by atoms with Gasteiger partial charge in [0, 0.05) is 16.7 Å². The predicted octanol–water partition coefficient (Wildman–Crippen LogP) is 4.82. The third-order valence-electron chi connectivity index (χ3n) is 2.85. The zero-order chi connectivity index (χ0) is 14.7. The summed E-state index contributed by atoms with van der Waals surface area (Å²) >= 11 is 9.38. The minimum atomic E-state index is -0.384. The van der Waals surface area contributed by atoms with Crippen LogP contribution in [0.15, 0.2) is 34.9 Å². The number of anilines is 1. The van der Waals surface area contributed by atoms with Crippen LogP contribution in [-0.4, -0.2) is 12.1 Å². The summed E-state index contributed by atoms with van der Waals surface area (Å²) in [4.78, 5) is 4.04. The third kappa shape index (κ3) is 3.41. The number of nitrogens with zero attached hydrogens (tertiary/aromatic N) is 1. The monoisotopic (exact) mass is 358 g/mol. The molecule has 0 radical (unpaired) electrons. The Kier molecular flexibility index (Phi) is 4.83. The Bertz CT molecular complexity index is 624. The molecular weight excluding hydrogens is 347 g/mol. The van der Waals surface area contributed by atoms with Crippen LogP contribution in [-0.2, 0) is 0 Å². The lowest BCUT2D eigenvalue weighted by Gasteiger charge is -2.17. The van der Waals surface area contributed by atoms with Crippen molar-refractivity contribution in [2.24, 2.45) is 0 Å². The zero-order valence-corrected chi connectivity index (χ0v) is 13.3. The Hall–Kier alpha value is -1.33. The quantitative estimate of drug-likeness (QED) is 0.795. The SMILES string of the molecule is COc1cc(C(C)Nc2cc(Br)cnc2Cl)ccc1F. The maximum atomic E-state index is 13.4. The van der Waals surface area contributed by atoms with E-state index in [0.717, 1.165) is 10.0 Å². The van der Waals surface area contributed by atoms with Crippen molar-refractivity contribution >= 4 is 33.2 Å². The summed E-state index contributed by atoms with van der Waals surface area (Å²) in [7, 11) is 1.44. The highest BCUT2D eigenvalue weighted by atomic mass is 79.9. The molecule has 1 aromatic carbocycles. The fraction of sp³-hybridized carbons (Fsp3) is 0.214. The average Bonchev–Trinajstić information content (AvgIpc) is 2.43. The van der Waals surface area contributed by atoms with Crippen molar-refractivity contribution in [3.8, 4) is 5.75 Å². The number of rotatable bonds is 4. The molecule has 2 rings (SSSR count). The first-order chi connectivity index (χ1) is 9.51. The Morgan fingerprint density at radius 1 is 1.40 bits per heavy atom. The second kappa shape index (κ2) is 6.41. The molecule has 20 heavy (non-hydrogen) atoms. The van der Waals surface area contributed by atoms with Crippen LogP contribution < -0.4 is 10.1 Å². The lowest BCUT2D eigenvalue weighted by atomic mass is 10.1. The van der Waals surface area contributed by atoms with E-state index >= 15 is 0 Å². The second-order valence-electron chi connectivity index (χ2n) is 4.25. The van der Waals surface area contributed by atoms with Crippen LogP contribution in [0.3, 0.4) is 0 Å². The van der Waals surface area contributed by atoms with Gasteiger partial charge in [-0.1, -0.05) is 17.7 Å². The fourth-order valence-corrected chi connectivity index (χ4v) is 2.28. The number of methoxy groups -OCH3 is 1. The molecule has 0 saturated heterocycles. The number of ether oxygens (including phenoxy) is 1. The normalized spacial score (nSPS) is 12.1. The molecule has 0 aliphatic heterocycles. The van der Waals surface area contributed by atoms with E-state index in [4.69, 9.17) is 16.3 Å². The van der Waals surface area contributed by atoms with Crippen LogP contribution in [0.2, 0.25) is 5.15 Å². The smallest absolute Gasteiger partial charge is 0.165 e. The zero-order valence-electron chi connectivity index (χ0n) is 11.0. The van der Waals surface area contributed by atoms with Crippen LogP contribution in [0, 0.1) is 5.82 Å². The first kappa shape index (κ1) is 15.1. The Morgan fingerprint density at radius 3 is 2.85 bits per heavy atom. The summed E-state index contributed by atoms with van der Waals surface area (Å²) in [6, 6.07) is 6.51. The van der Waals surface area contributed by atoms with Gasteiger partial charge in [0.2, 0.25) is 0 Å². The van der Waals surface area contributed by atoms with Crippen molar-refractivity contribution in [3.05, 3.63) is 51.5 Å². The largest absolute Gasteiger partial charge is 0.494 e. The lowest BCUT2D eigenvalue weighted by molar-refractivity contribution is 0.385. The third-order valence-corrected chi connectivity index (χ3v) is 3.59. The highest BCUT2D eigenvalue weighted by Crippen LogP contribution is 2.29. The molecule has 0 fully saturated rings. The van der Waals surface area contributed by atoms with Crippen LogP contribution >= 0.6 is 27.5 Å². The highest BCUT2D eigenvalue weighted by Gasteiger charge is 2.11.